The number of nitrogens with two attached hydrogens (primary N) is 1. The Morgan fingerprint density at radius 1 is 1.48 bits per heavy atom. The number of nitrogens with one attached hydrogen (secondary N) is 1. The number of hydrogen-bond donors (Lipinski definition) is 2. The van der Waals surface area contributed by atoms with Crippen molar-refractivity contribution >= 4 is 28.9 Å². The van der Waals surface area contributed by atoms with Gasteiger partial charge in [-0.05, 0) is 12.8 Å². The number of rotatable bonds is 8. The zero-order valence-corrected chi connectivity index (χ0v) is 12.5. The SMILES string of the molecule is CCCOCCCNC(=O)c1cc([N+](=O)[O-])cc(Cl)c1N. The predicted molar refractivity (Wildman–Crippen MR) is 80.6 cm³/mol. The van der Waals surface area contributed by atoms with Gasteiger partial charge >= 0.3 is 0 Å². The molecule has 116 valence electrons. The van der Waals surface area contributed by atoms with Crippen LogP contribution in [0, 0.1) is 10.1 Å². The summed E-state index contributed by atoms with van der Waals surface area (Å²) in [5.74, 6) is -0.492. The van der Waals surface area contributed by atoms with Crippen molar-refractivity contribution in [3.63, 3.8) is 0 Å². The van der Waals surface area contributed by atoms with Gasteiger partial charge in [0.2, 0.25) is 0 Å². The average molecular weight is 316 g/mol. The van der Waals surface area contributed by atoms with E-state index in [1.165, 1.54) is 0 Å². The van der Waals surface area contributed by atoms with Crippen LogP contribution in [0.5, 0.6) is 0 Å². The van der Waals surface area contributed by atoms with Gasteiger partial charge in [0.15, 0.2) is 0 Å². The smallest absolute Gasteiger partial charge is 0.271 e. The maximum atomic E-state index is 12.0. The third-order valence-corrected chi connectivity index (χ3v) is 2.98. The average Bonchev–Trinajstić information content (AvgIpc) is 2.44. The van der Waals surface area contributed by atoms with Crippen molar-refractivity contribution in [2.24, 2.45) is 0 Å². The molecule has 0 radical (unpaired) electrons. The highest BCUT2D eigenvalue weighted by Gasteiger charge is 2.18. The van der Waals surface area contributed by atoms with Gasteiger partial charge in [0.05, 0.1) is 21.2 Å². The van der Waals surface area contributed by atoms with Crippen LogP contribution in [0.3, 0.4) is 0 Å². The standard InChI is InChI=1S/C13H18ClN3O4/c1-2-5-21-6-3-4-16-13(18)10-7-9(17(19)20)8-11(14)12(10)15/h7-8H,2-6,15H2,1H3,(H,16,18). The second-order valence-electron chi connectivity index (χ2n) is 4.37. The van der Waals surface area contributed by atoms with E-state index in [-0.39, 0.29) is 22.0 Å². The number of carbonyl (C=O) groups excluding carboxylic acids is 1. The van der Waals surface area contributed by atoms with Gasteiger partial charge < -0.3 is 15.8 Å². The van der Waals surface area contributed by atoms with Crippen molar-refractivity contribution < 1.29 is 14.5 Å². The van der Waals surface area contributed by atoms with E-state index in [0.29, 0.717) is 26.2 Å². The van der Waals surface area contributed by atoms with Crippen LogP contribution < -0.4 is 11.1 Å². The van der Waals surface area contributed by atoms with E-state index in [1.54, 1.807) is 0 Å². The third-order valence-electron chi connectivity index (χ3n) is 2.67. The van der Waals surface area contributed by atoms with E-state index >= 15 is 0 Å². The number of amides is 1. The van der Waals surface area contributed by atoms with Crippen molar-refractivity contribution in [1.29, 1.82) is 0 Å². The van der Waals surface area contributed by atoms with E-state index in [4.69, 9.17) is 22.1 Å². The molecule has 21 heavy (non-hydrogen) atoms. The Bertz CT molecular complexity index is 522. The number of benzene rings is 1. The summed E-state index contributed by atoms with van der Waals surface area (Å²) in [4.78, 5) is 22.1. The Hall–Kier alpha value is -1.86. The van der Waals surface area contributed by atoms with Crippen LogP contribution in [0.4, 0.5) is 11.4 Å². The molecule has 0 atom stereocenters. The maximum absolute atomic E-state index is 12.0. The summed E-state index contributed by atoms with van der Waals surface area (Å²) in [5, 5.41) is 13.4. The molecular weight excluding hydrogens is 298 g/mol. The molecule has 0 fully saturated rings. The minimum Gasteiger partial charge on any atom is -0.397 e. The molecular formula is C13H18ClN3O4. The molecule has 1 amide bonds. The summed E-state index contributed by atoms with van der Waals surface area (Å²) in [6.07, 6.45) is 1.59. The number of nitro benzene ring substituents is 1. The molecule has 0 aliphatic heterocycles. The zero-order chi connectivity index (χ0) is 15.8. The highest BCUT2D eigenvalue weighted by molar-refractivity contribution is 6.34. The van der Waals surface area contributed by atoms with Gasteiger partial charge in [-0.3, -0.25) is 14.9 Å². The zero-order valence-electron chi connectivity index (χ0n) is 11.7. The quantitative estimate of drug-likeness (QED) is 0.331. The molecule has 3 N–H and O–H groups in total. The minimum atomic E-state index is -0.624. The number of nitrogens with zero attached hydrogens (tertiary/aromatic N) is 1. The molecule has 1 aromatic carbocycles. The highest BCUT2D eigenvalue weighted by atomic mass is 35.5. The van der Waals surface area contributed by atoms with Gasteiger partial charge in [-0.25, -0.2) is 0 Å². The first kappa shape index (κ1) is 17.2. The van der Waals surface area contributed by atoms with Crippen molar-refractivity contribution in [3.05, 3.63) is 32.8 Å². The molecule has 0 saturated carbocycles. The number of carbonyl (C=O) groups is 1. The lowest BCUT2D eigenvalue weighted by molar-refractivity contribution is -0.384. The Morgan fingerprint density at radius 2 is 2.19 bits per heavy atom. The Kier molecular flexibility index (Phi) is 6.90. The van der Waals surface area contributed by atoms with Gasteiger partial charge in [-0.1, -0.05) is 18.5 Å². The number of anilines is 1. The molecule has 0 aromatic heterocycles. The lowest BCUT2D eigenvalue weighted by atomic mass is 10.1. The van der Waals surface area contributed by atoms with Gasteiger partial charge in [0.25, 0.3) is 11.6 Å². The van der Waals surface area contributed by atoms with E-state index < -0.39 is 10.8 Å². The van der Waals surface area contributed by atoms with Crippen molar-refractivity contribution in [1.82, 2.24) is 5.32 Å². The first-order valence-corrected chi connectivity index (χ1v) is 6.94. The molecule has 0 spiro atoms. The molecule has 0 unspecified atom stereocenters. The van der Waals surface area contributed by atoms with E-state index in [1.807, 2.05) is 6.92 Å². The monoisotopic (exact) mass is 315 g/mol. The molecule has 0 saturated heterocycles. The molecule has 1 aromatic rings. The number of nitrogen functional groups attached to an aromatic ring is 1. The van der Waals surface area contributed by atoms with Crippen LogP contribution >= 0.6 is 11.6 Å². The summed E-state index contributed by atoms with van der Waals surface area (Å²) in [6, 6.07) is 2.23. The number of nitro groups is 1. The topological polar surface area (TPSA) is 107 Å². The second-order valence-corrected chi connectivity index (χ2v) is 4.77. The van der Waals surface area contributed by atoms with Crippen LogP contribution in [0.15, 0.2) is 12.1 Å². The Labute approximate surface area is 127 Å². The van der Waals surface area contributed by atoms with Crippen molar-refractivity contribution in [2.45, 2.75) is 19.8 Å². The summed E-state index contributed by atoms with van der Waals surface area (Å²) >= 11 is 5.80. The fourth-order valence-electron chi connectivity index (χ4n) is 1.61. The first-order chi connectivity index (χ1) is 9.97. The van der Waals surface area contributed by atoms with Gasteiger partial charge in [0, 0.05) is 31.9 Å². The first-order valence-electron chi connectivity index (χ1n) is 6.56. The predicted octanol–water partition coefficient (Wildman–Crippen LogP) is 2.38. The molecule has 7 nitrogen and oxygen atoms in total. The van der Waals surface area contributed by atoms with Crippen LogP contribution in [0.1, 0.15) is 30.1 Å². The maximum Gasteiger partial charge on any atom is 0.271 e. The fourth-order valence-corrected chi connectivity index (χ4v) is 1.83. The van der Waals surface area contributed by atoms with Gasteiger partial charge in [0.1, 0.15) is 0 Å². The Balaban J connectivity index is 2.63. The van der Waals surface area contributed by atoms with Crippen LogP contribution in [-0.4, -0.2) is 30.6 Å². The van der Waals surface area contributed by atoms with E-state index in [9.17, 15) is 14.9 Å². The van der Waals surface area contributed by atoms with Crippen LogP contribution in [-0.2, 0) is 4.74 Å². The number of non-ortho nitro benzene ring substituents is 1. The third kappa shape index (κ3) is 5.20. The van der Waals surface area contributed by atoms with Crippen molar-refractivity contribution in [3.8, 4) is 0 Å². The fraction of sp³-hybridized carbons (Fsp3) is 0.462. The molecule has 0 heterocycles. The lowest BCUT2D eigenvalue weighted by Crippen LogP contribution is -2.26. The summed E-state index contributed by atoms with van der Waals surface area (Å²) in [7, 11) is 0. The number of hydrogen-bond acceptors (Lipinski definition) is 5. The van der Waals surface area contributed by atoms with Crippen LogP contribution in [0.25, 0.3) is 0 Å². The highest BCUT2D eigenvalue weighted by Crippen LogP contribution is 2.28. The largest absolute Gasteiger partial charge is 0.397 e. The van der Waals surface area contributed by atoms with Crippen LogP contribution in [0.2, 0.25) is 5.02 Å². The molecule has 0 aliphatic rings. The molecule has 0 aliphatic carbocycles. The van der Waals surface area contributed by atoms with E-state index in [2.05, 4.69) is 5.32 Å². The van der Waals surface area contributed by atoms with Crippen molar-refractivity contribution in [2.75, 3.05) is 25.5 Å². The molecule has 0 bridgehead atoms. The number of ether oxygens (including phenoxy) is 1. The second kappa shape index (κ2) is 8.43. The summed E-state index contributed by atoms with van der Waals surface area (Å²) < 4.78 is 5.28. The Morgan fingerprint density at radius 3 is 2.81 bits per heavy atom. The van der Waals surface area contributed by atoms with Gasteiger partial charge in [-0.2, -0.15) is 0 Å². The van der Waals surface area contributed by atoms with Gasteiger partial charge in [-0.15, -0.1) is 0 Å². The number of halogens is 1. The molecule has 1 rings (SSSR count). The lowest BCUT2D eigenvalue weighted by Gasteiger charge is -2.09. The molecule has 8 heteroatoms. The summed E-state index contributed by atoms with van der Waals surface area (Å²) in [6.45, 7) is 3.62. The summed E-state index contributed by atoms with van der Waals surface area (Å²) in [5.41, 5.74) is 5.44. The van der Waals surface area contributed by atoms with E-state index in [0.717, 1.165) is 18.6 Å². The minimum absolute atomic E-state index is 0.00340. The normalized spacial score (nSPS) is 10.4.